The summed E-state index contributed by atoms with van der Waals surface area (Å²) in [6, 6.07) is 6.74. The third kappa shape index (κ3) is 3.40. The van der Waals surface area contributed by atoms with Crippen LogP contribution in [0.15, 0.2) is 24.3 Å². The second-order valence-electron chi connectivity index (χ2n) is 4.86. The number of nitrogens with zero attached hydrogens (tertiary/aromatic N) is 1. The standard InChI is InChI=1S/C14H19N3O3/c1-20-13(18)10-3-2-8-17(9-10)14(19)16-12-6-4-11(15)5-7-12/h4-7,10H,2-3,8-9,15H2,1H3,(H,16,19). The summed E-state index contributed by atoms with van der Waals surface area (Å²) in [6.45, 7) is 1.04. The molecule has 1 aromatic carbocycles. The van der Waals surface area contributed by atoms with E-state index >= 15 is 0 Å². The predicted octanol–water partition coefficient (Wildman–Crippen LogP) is 1.69. The summed E-state index contributed by atoms with van der Waals surface area (Å²) in [5.41, 5.74) is 6.92. The van der Waals surface area contributed by atoms with E-state index in [0.29, 0.717) is 24.5 Å². The molecular weight excluding hydrogens is 258 g/mol. The minimum atomic E-state index is -0.255. The van der Waals surface area contributed by atoms with Crippen LogP contribution in [0.5, 0.6) is 0 Å². The van der Waals surface area contributed by atoms with E-state index in [-0.39, 0.29) is 17.9 Å². The Balaban J connectivity index is 1.95. The number of nitrogens with one attached hydrogen (secondary N) is 1. The van der Waals surface area contributed by atoms with E-state index in [1.54, 1.807) is 29.2 Å². The van der Waals surface area contributed by atoms with Gasteiger partial charge in [-0.3, -0.25) is 4.79 Å². The molecule has 1 aliphatic rings. The van der Waals surface area contributed by atoms with Crippen molar-refractivity contribution >= 4 is 23.4 Å². The van der Waals surface area contributed by atoms with Gasteiger partial charge in [0, 0.05) is 24.5 Å². The van der Waals surface area contributed by atoms with E-state index in [1.807, 2.05) is 0 Å². The molecule has 0 bridgehead atoms. The van der Waals surface area contributed by atoms with E-state index in [2.05, 4.69) is 5.32 Å². The Morgan fingerprint density at radius 2 is 2.05 bits per heavy atom. The lowest BCUT2D eigenvalue weighted by molar-refractivity contribution is -0.146. The average molecular weight is 277 g/mol. The van der Waals surface area contributed by atoms with E-state index in [1.165, 1.54) is 7.11 Å². The SMILES string of the molecule is COC(=O)C1CCCN(C(=O)Nc2ccc(N)cc2)C1. The fourth-order valence-electron chi connectivity index (χ4n) is 2.29. The zero-order valence-electron chi connectivity index (χ0n) is 11.5. The lowest BCUT2D eigenvalue weighted by Crippen LogP contribution is -2.44. The monoisotopic (exact) mass is 277 g/mol. The number of rotatable bonds is 2. The molecule has 2 amide bonds. The van der Waals surface area contributed by atoms with Gasteiger partial charge in [0.05, 0.1) is 13.0 Å². The number of amides is 2. The zero-order valence-corrected chi connectivity index (χ0v) is 11.5. The number of hydrogen-bond donors (Lipinski definition) is 2. The van der Waals surface area contributed by atoms with Gasteiger partial charge in [-0.2, -0.15) is 0 Å². The van der Waals surface area contributed by atoms with Crippen molar-refractivity contribution in [3.63, 3.8) is 0 Å². The van der Waals surface area contributed by atoms with Crippen molar-refractivity contribution in [2.45, 2.75) is 12.8 Å². The first-order chi connectivity index (χ1) is 9.60. The maximum atomic E-state index is 12.1. The topological polar surface area (TPSA) is 84.7 Å². The van der Waals surface area contributed by atoms with Gasteiger partial charge in [0.25, 0.3) is 0 Å². The molecule has 2 rings (SSSR count). The summed E-state index contributed by atoms with van der Waals surface area (Å²) in [5.74, 6) is -0.485. The largest absolute Gasteiger partial charge is 0.469 e. The Morgan fingerprint density at radius 1 is 1.35 bits per heavy atom. The van der Waals surface area contributed by atoms with E-state index in [4.69, 9.17) is 10.5 Å². The van der Waals surface area contributed by atoms with Gasteiger partial charge in [0.2, 0.25) is 0 Å². The molecule has 1 unspecified atom stereocenters. The molecule has 6 heteroatoms. The number of likely N-dealkylation sites (tertiary alicyclic amines) is 1. The highest BCUT2D eigenvalue weighted by Gasteiger charge is 2.28. The number of carbonyl (C=O) groups is 2. The van der Waals surface area contributed by atoms with Crippen LogP contribution in [0, 0.1) is 5.92 Å². The zero-order chi connectivity index (χ0) is 14.5. The molecule has 108 valence electrons. The van der Waals surface area contributed by atoms with Crippen LogP contribution in [-0.4, -0.2) is 37.1 Å². The van der Waals surface area contributed by atoms with E-state index < -0.39 is 0 Å². The minimum Gasteiger partial charge on any atom is -0.469 e. The van der Waals surface area contributed by atoms with Crippen LogP contribution in [0.3, 0.4) is 0 Å². The first-order valence-electron chi connectivity index (χ1n) is 6.59. The highest BCUT2D eigenvalue weighted by atomic mass is 16.5. The van der Waals surface area contributed by atoms with Crippen molar-refractivity contribution < 1.29 is 14.3 Å². The smallest absolute Gasteiger partial charge is 0.321 e. The number of urea groups is 1. The maximum Gasteiger partial charge on any atom is 0.321 e. The van der Waals surface area contributed by atoms with Gasteiger partial charge in [-0.05, 0) is 37.1 Å². The Hall–Kier alpha value is -2.24. The van der Waals surface area contributed by atoms with Crippen LogP contribution in [0.2, 0.25) is 0 Å². The summed E-state index contributed by atoms with van der Waals surface area (Å²) >= 11 is 0. The van der Waals surface area contributed by atoms with Gasteiger partial charge >= 0.3 is 12.0 Å². The summed E-state index contributed by atoms with van der Waals surface area (Å²) in [7, 11) is 1.37. The van der Waals surface area contributed by atoms with Crippen molar-refractivity contribution in [1.82, 2.24) is 4.90 Å². The number of methoxy groups -OCH3 is 1. The third-order valence-corrected chi connectivity index (χ3v) is 3.41. The van der Waals surface area contributed by atoms with Gasteiger partial charge in [0.15, 0.2) is 0 Å². The normalized spacial score (nSPS) is 18.4. The molecule has 3 N–H and O–H groups in total. The van der Waals surface area contributed by atoms with E-state index in [0.717, 1.165) is 12.8 Å². The Bertz CT molecular complexity index is 487. The molecule has 0 aliphatic carbocycles. The predicted molar refractivity (Wildman–Crippen MR) is 76.2 cm³/mol. The van der Waals surface area contributed by atoms with Crippen LogP contribution in [0.4, 0.5) is 16.2 Å². The maximum absolute atomic E-state index is 12.1. The number of esters is 1. The fraction of sp³-hybridized carbons (Fsp3) is 0.429. The number of piperidine rings is 1. The molecule has 0 spiro atoms. The number of nitrogen functional groups attached to an aromatic ring is 1. The van der Waals surface area contributed by atoms with Crippen molar-refractivity contribution in [2.24, 2.45) is 5.92 Å². The quantitative estimate of drug-likeness (QED) is 0.636. The summed E-state index contributed by atoms with van der Waals surface area (Å²) in [5, 5.41) is 2.80. The number of benzene rings is 1. The first-order valence-corrected chi connectivity index (χ1v) is 6.59. The lowest BCUT2D eigenvalue weighted by Gasteiger charge is -2.31. The molecule has 1 fully saturated rings. The van der Waals surface area contributed by atoms with Gasteiger partial charge in [-0.1, -0.05) is 0 Å². The van der Waals surface area contributed by atoms with Crippen molar-refractivity contribution in [3.8, 4) is 0 Å². The molecular formula is C14H19N3O3. The summed E-state index contributed by atoms with van der Waals surface area (Å²) in [4.78, 5) is 25.3. The van der Waals surface area contributed by atoms with Gasteiger partial charge in [-0.25, -0.2) is 4.79 Å². The number of nitrogens with two attached hydrogens (primary N) is 1. The average Bonchev–Trinajstić information content (AvgIpc) is 2.49. The molecule has 0 saturated carbocycles. The molecule has 0 radical (unpaired) electrons. The Kier molecular flexibility index (Phi) is 4.45. The van der Waals surface area contributed by atoms with Crippen molar-refractivity contribution in [1.29, 1.82) is 0 Å². The molecule has 1 saturated heterocycles. The number of anilines is 2. The number of hydrogen-bond acceptors (Lipinski definition) is 4. The van der Waals surface area contributed by atoms with Crippen LogP contribution in [0.1, 0.15) is 12.8 Å². The van der Waals surface area contributed by atoms with Crippen LogP contribution in [0.25, 0.3) is 0 Å². The van der Waals surface area contributed by atoms with Crippen LogP contribution in [-0.2, 0) is 9.53 Å². The molecule has 1 aliphatic heterocycles. The Labute approximate surface area is 117 Å². The second-order valence-corrected chi connectivity index (χ2v) is 4.86. The van der Waals surface area contributed by atoms with Crippen LogP contribution < -0.4 is 11.1 Å². The van der Waals surface area contributed by atoms with E-state index in [9.17, 15) is 9.59 Å². The molecule has 6 nitrogen and oxygen atoms in total. The van der Waals surface area contributed by atoms with Gasteiger partial charge < -0.3 is 20.7 Å². The first kappa shape index (κ1) is 14.2. The minimum absolute atomic E-state index is 0.205. The molecule has 0 aromatic heterocycles. The molecule has 1 atom stereocenters. The number of ether oxygens (including phenoxy) is 1. The van der Waals surface area contributed by atoms with Crippen LogP contribution >= 0.6 is 0 Å². The molecule has 20 heavy (non-hydrogen) atoms. The fourth-order valence-corrected chi connectivity index (χ4v) is 2.29. The lowest BCUT2D eigenvalue weighted by atomic mass is 9.98. The highest BCUT2D eigenvalue weighted by Crippen LogP contribution is 2.19. The van der Waals surface area contributed by atoms with Crippen molar-refractivity contribution in [3.05, 3.63) is 24.3 Å². The molecule has 1 aromatic rings. The van der Waals surface area contributed by atoms with Crippen molar-refractivity contribution in [2.75, 3.05) is 31.2 Å². The number of carbonyl (C=O) groups excluding carboxylic acids is 2. The third-order valence-electron chi connectivity index (χ3n) is 3.41. The highest BCUT2D eigenvalue weighted by molar-refractivity contribution is 5.90. The Morgan fingerprint density at radius 3 is 2.70 bits per heavy atom. The molecule has 1 heterocycles. The van der Waals surface area contributed by atoms with Gasteiger partial charge in [0.1, 0.15) is 0 Å². The summed E-state index contributed by atoms with van der Waals surface area (Å²) in [6.07, 6.45) is 1.56. The second kappa shape index (κ2) is 6.27. The van der Waals surface area contributed by atoms with Gasteiger partial charge in [-0.15, -0.1) is 0 Å². The summed E-state index contributed by atoms with van der Waals surface area (Å²) < 4.78 is 4.74.